The van der Waals surface area contributed by atoms with Crippen LogP contribution in [0.15, 0.2) is 41.9 Å². The van der Waals surface area contributed by atoms with Gasteiger partial charge in [0.05, 0.1) is 6.04 Å². The van der Waals surface area contributed by atoms with Gasteiger partial charge in [0.2, 0.25) is 0 Å². The predicted molar refractivity (Wildman–Crippen MR) is 114 cm³/mol. The van der Waals surface area contributed by atoms with E-state index < -0.39 is 0 Å². The van der Waals surface area contributed by atoms with Gasteiger partial charge in [-0.25, -0.2) is 0 Å². The lowest BCUT2D eigenvalue weighted by atomic mass is 9.86. The Hall–Kier alpha value is -2.57. The molecule has 1 aromatic heterocycles. The summed E-state index contributed by atoms with van der Waals surface area (Å²) in [6.45, 7) is 4.69. The molecule has 1 atom stereocenters. The van der Waals surface area contributed by atoms with Crippen LogP contribution in [0, 0.1) is 0 Å². The molecular weight excluding hydrogens is 364 g/mol. The number of nitrogens with zero attached hydrogens (tertiary/aromatic N) is 4. The van der Waals surface area contributed by atoms with Gasteiger partial charge in [0.1, 0.15) is 24.0 Å². The summed E-state index contributed by atoms with van der Waals surface area (Å²) < 4.78 is 8.49. The second-order valence-corrected chi connectivity index (χ2v) is 8.10. The van der Waals surface area contributed by atoms with Gasteiger partial charge in [0, 0.05) is 31.6 Å². The average Bonchev–Trinajstić information content (AvgIpc) is 3.40. The van der Waals surface area contributed by atoms with Gasteiger partial charge in [-0.15, -0.1) is 10.2 Å². The first kappa shape index (κ1) is 19.7. The first-order chi connectivity index (χ1) is 14.3. The van der Waals surface area contributed by atoms with Crippen LogP contribution >= 0.6 is 0 Å². The zero-order valence-electron chi connectivity index (χ0n) is 17.3. The number of aliphatic imine (C=N–C) groups is 1. The summed E-state index contributed by atoms with van der Waals surface area (Å²) in [6.07, 6.45) is 11.4. The van der Waals surface area contributed by atoms with Crippen molar-refractivity contribution in [2.24, 2.45) is 4.99 Å². The molecule has 7 heteroatoms. The molecule has 2 N–H and O–H groups in total. The molecule has 1 saturated carbocycles. The van der Waals surface area contributed by atoms with E-state index in [9.17, 15) is 0 Å². The maximum absolute atomic E-state index is 6.49. The summed E-state index contributed by atoms with van der Waals surface area (Å²) in [5.41, 5.74) is 1.23. The molecule has 0 bridgehead atoms. The van der Waals surface area contributed by atoms with Gasteiger partial charge in [-0.05, 0) is 51.5 Å². The standard InChI is InChI=1S/C22H32N6O/c1-2-23-21(24-13-7-8-14-28-16-25-26-17-28)27-19-15-22(11-5-6-12-22)29-20-10-4-3-9-18(19)20/h3-4,9-10,16-17,19H,2,5-8,11-15H2,1H3,(H2,23,24,27). The minimum atomic E-state index is -0.0117. The first-order valence-corrected chi connectivity index (χ1v) is 10.9. The van der Waals surface area contributed by atoms with Crippen molar-refractivity contribution >= 4 is 5.96 Å². The molecule has 1 aliphatic heterocycles. The number of para-hydroxylation sites is 1. The van der Waals surface area contributed by atoms with E-state index in [2.05, 4.69) is 52.0 Å². The monoisotopic (exact) mass is 396 g/mol. The number of nitrogens with one attached hydrogen (secondary N) is 2. The Bertz CT molecular complexity index is 797. The molecule has 0 saturated heterocycles. The lowest BCUT2D eigenvalue weighted by molar-refractivity contribution is 0.0396. The molecule has 1 fully saturated rings. The second-order valence-electron chi connectivity index (χ2n) is 8.10. The van der Waals surface area contributed by atoms with Crippen LogP contribution in [0.1, 0.15) is 63.5 Å². The first-order valence-electron chi connectivity index (χ1n) is 10.9. The topological polar surface area (TPSA) is 76.4 Å². The summed E-state index contributed by atoms with van der Waals surface area (Å²) in [5.74, 6) is 1.93. The van der Waals surface area contributed by atoms with Crippen molar-refractivity contribution in [3.63, 3.8) is 0 Å². The molecule has 1 aliphatic carbocycles. The Morgan fingerprint density at radius 3 is 2.79 bits per heavy atom. The number of rotatable bonds is 7. The Morgan fingerprint density at radius 1 is 1.21 bits per heavy atom. The lowest BCUT2D eigenvalue weighted by Gasteiger charge is -2.40. The minimum absolute atomic E-state index is 0.0117. The van der Waals surface area contributed by atoms with Crippen LogP contribution in [0.5, 0.6) is 5.75 Å². The number of guanidine groups is 1. The van der Waals surface area contributed by atoms with E-state index in [-0.39, 0.29) is 11.6 Å². The molecule has 2 heterocycles. The molecule has 0 radical (unpaired) electrons. The van der Waals surface area contributed by atoms with Crippen molar-refractivity contribution < 1.29 is 4.74 Å². The molecular formula is C22H32N6O. The number of hydrogen-bond acceptors (Lipinski definition) is 4. The summed E-state index contributed by atoms with van der Waals surface area (Å²) in [7, 11) is 0. The number of benzene rings is 1. The van der Waals surface area contributed by atoms with Gasteiger partial charge in [0.15, 0.2) is 5.96 Å². The van der Waals surface area contributed by atoms with Crippen molar-refractivity contribution in [3.05, 3.63) is 42.5 Å². The van der Waals surface area contributed by atoms with E-state index in [0.29, 0.717) is 0 Å². The highest BCUT2D eigenvalue weighted by atomic mass is 16.5. The van der Waals surface area contributed by atoms with Crippen LogP contribution in [0.25, 0.3) is 0 Å². The van der Waals surface area contributed by atoms with Crippen molar-refractivity contribution in [1.29, 1.82) is 0 Å². The summed E-state index contributed by atoms with van der Waals surface area (Å²) >= 11 is 0. The summed E-state index contributed by atoms with van der Waals surface area (Å²) in [4.78, 5) is 4.83. The zero-order valence-corrected chi connectivity index (χ0v) is 17.3. The largest absolute Gasteiger partial charge is 0.487 e. The van der Waals surface area contributed by atoms with E-state index in [1.165, 1.54) is 18.4 Å². The molecule has 156 valence electrons. The maximum atomic E-state index is 6.49. The van der Waals surface area contributed by atoms with Gasteiger partial charge in [0.25, 0.3) is 0 Å². The van der Waals surface area contributed by atoms with Crippen LogP contribution < -0.4 is 15.4 Å². The number of aryl methyl sites for hydroxylation is 1. The molecule has 2 aliphatic rings. The van der Waals surface area contributed by atoms with Gasteiger partial charge in [-0.3, -0.25) is 4.99 Å². The Labute approximate surface area is 173 Å². The quantitative estimate of drug-likeness (QED) is 0.426. The van der Waals surface area contributed by atoms with Gasteiger partial charge < -0.3 is 19.9 Å². The second kappa shape index (κ2) is 9.29. The molecule has 0 amide bonds. The third-order valence-corrected chi connectivity index (χ3v) is 5.93. The third kappa shape index (κ3) is 4.89. The normalized spacial score (nSPS) is 20.3. The summed E-state index contributed by atoms with van der Waals surface area (Å²) in [6, 6.07) is 8.68. The molecule has 1 aromatic carbocycles. The Morgan fingerprint density at radius 2 is 2.00 bits per heavy atom. The van der Waals surface area contributed by atoms with Crippen molar-refractivity contribution in [2.75, 3.05) is 13.1 Å². The smallest absolute Gasteiger partial charge is 0.191 e. The predicted octanol–water partition coefficient (Wildman–Crippen LogP) is 3.45. The molecule has 1 unspecified atom stereocenters. The van der Waals surface area contributed by atoms with Gasteiger partial charge in [-0.1, -0.05) is 18.2 Å². The van der Waals surface area contributed by atoms with Crippen LogP contribution in [-0.4, -0.2) is 39.4 Å². The van der Waals surface area contributed by atoms with Crippen molar-refractivity contribution in [3.8, 4) is 5.75 Å². The number of ether oxygens (including phenoxy) is 1. The van der Waals surface area contributed by atoms with E-state index in [4.69, 9.17) is 9.73 Å². The lowest BCUT2D eigenvalue weighted by Crippen LogP contribution is -2.46. The van der Waals surface area contributed by atoms with Gasteiger partial charge in [-0.2, -0.15) is 0 Å². The molecule has 7 nitrogen and oxygen atoms in total. The number of hydrogen-bond donors (Lipinski definition) is 2. The molecule has 29 heavy (non-hydrogen) atoms. The van der Waals surface area contributed by atoms with E-state index >= 15 is 0 Å². The Kier molecular flexibility index (Phi) is 6.32. The maximum Gasteiger partial charge on any atom is 0.191 e. The van der Waals surface area contributed by atoms with Crippen LogP contribution in [0.4, 0.5) is 0 Å². The highest BCUT2D eigenvalue weighted by molar-refractivity contribution is 5.80. The number of aromatic nitrogens is 3. The van der Waals surface area contributed by atoms with Gasteiger partial charge >= 0.3 is 0 Å². The fraction of sp³-hybridized carbons (Fsp3) is 0.591. The SMILES string of the molecule is CCNC(=NCCCCn1cnnc1)NC1CC2(CCCC2)Oc2ccccc21. The highest BCUT2D eigenvalue weighted by Crippen LogP contribution is 2.46. The van der Waals surface area contributed by atoms with Crippen LogP contribution in [0.2, 0.25) is 0 Å². The van der Waals surface area contributed by atoms with E-state index in [1.807, 2.05) is 4.57 Å². The van der Waals surface area contributed by atoms with Crippen molar-refractivity contribution in [1.82, 2.24) is 25.4 Å². The highest BCUT2D eigenvalue weighted by Gasteiger charge is 2.43. The average molecular weight is 397 g/mol. The van der Waals surface area contributed by atoms with Crippen molar-refractivity contribution in [2.45, 2.75) is 70.1 Å². The molecule has 4 rings (SSSR count). The fourth-order valence-electron chi connectivity index (χ4n) is 4.49. The molecule has 2 aromatic rings. The minimum Gasteiger partial charge on any atom is -0.487 e. The molecule has 1 spiro atoms. The zero-order chi connectivity index (χ0) is 19.9. The van der Waals surface area contributed by atoms with Crippen LogP contribution in [0.3, 0.4) is 0 Å². The third-order valence-electron chi connectivity index (χ3n) is 5.93. The fourth-order valence-corrected chi connectivity index (χ4v) is 4.49. The van der Waals surface area contributed by atoms with E-state index in [0.717, 1.165) is 63.4 Å². The Balaban J connectivity index is 1.39. The number of unbranched alkanes of at least 4 members (excludes halogenated alkanes) is 1. The van der Waals surface area contributed by atoms with Crippen LogP contribution in [-0.2, 0) is 6.54 Å². The van der Waals surface area contributed by atoms with E-state index in [1.54, 1.807) is 12.7 Å². The summed E-state index contributed by atoms with van der Waals surface area (Å²) in [5, 5.41) is 14.8. The number of fused-ring (bicyclic) bond motifs is 1.